The van der Waals surface area contributed by atoms with Gasteiger partial charge in [0.05, 0.1) is 33.9 Å². The van der Waals surface area contributed by atoms with Crippen LogP contribution in [0, 0.1) is 5.82 Å². The minimum Gasteiger partial charge on any atom is -0.368 e. The molecule has 1 atom stereocenters. The van der Waals surface area contributed by atoms with E-state index < -0.39 is 11.9 Å². The minimum atomic E-state index is -0.586. The van der Waals surface area contributed by atoms with Gasteiger partial charge in [-0.3, -0.25) is 14.5 Å². The van der Waals surface area contributed by atoms with Crippen LogP contribution in [0.25, 0.3) is 0 Å². The summed E-state index contributed by atoms with van der Waals surface area (Å²) in [5.74, 6) is -1.18. The van der Waals surface area contributed by atoms with Crippen LogP contribution in [0.2, 0.25) is 10.0 Å². The first-order valence-corrected chi connectivity index (χ1v) is 9.76. The minimum absolute atomic E-state index is 0.111. The van der Waals surface area contributed by atoms with E-state index in [2.05, 4.69) is 4.90 Å². The molecular weight excluding hydrogens is 404 g/mol. The lowest BCUT2D eigenvalue weighted by atomic mass is 10.1. The summed E-state index contributed by atoms with van der Waals surface area (Å²) in [5, 5.41) is 0.581. The maximum absolute atomic E-state index is 13.4. The van der Waals surface area contributed by atoms with Gasteiger partial charge in [0, 0.05) is 26.2 Å². The molecule has 2 aromatic rings. The number of benzene rings is 2. The number of hydrogen-bond acceptors (Lipinski definition) is 4. The number of imide groups is 1. The third-order valence-electron chi connectivity index (χ3n) is 5.23. The van der Waals surface area contributed by atoms with E-state index in [0.29, 0.717) is 36.9 Å². The topological polar surface area (TPSA) is 43.9 Å². The van der Waals surface area contributed by atoms with E-state index in [4.69, 9.17) is 23.2 Å². The number of nitrogens with zero attached hydrogens (tertiary/aromatic N) is 3. The number of piperazine rings is 1. The normalized spacial score (nSPS) is 20.9. The van der Waals surface area contributed by atoms with Crippen LogP contribution in [0.1, 0.15) is 6.42 Å². The van der Waals surface area contributed by atoms with Gasteiger partial charge in [0.2, 0.25) is 5.91 Å². The van der Waals surface area contributed by atoms with Crippen LogP contribution in [0.15, 0.2) is 42.5 Å². The number of carbonyl (C=O) groups excluding carboxylic acids is 2. The highest BCUT2D eigenvalue weighted by atomic mass is 35.5. The van der Waals surface area contributed by atoms with Crippen LogP contribution in [-0.2, 0) is 9.59 Å². The molecule has 2 heterocycles. The Morgan fingerprint density at radius 3 is 2.32 bits per heavy atom. The fourth-order valence-electron chi connectivity index (χ4n) is 3.78. The van der Waals surface area contributed by atoms with Gasteiger partial charge in [0.15, 0.2) is 0 Å². The Hall–Kier alpha value is -2.15. The molecule has 2 amide bonds. The molecule has 2 aliphatic rings. The van der Waals surface area contributed by atoms with E-state index in [1.165, 1.54) is 12.1 Å². The lowest BCUT2D eigenvalue weighted by molar-refractivity contribution is -0.123. The number of rotatable bonds is 3. The molecule has 0 unspecified atom stereocenters. The van der Waals surface area contributed by atoms with Crippen molar-refractivity contribution in [2.75, 3.05) is 36.0 Å². The van der Waals surface area contributed by atoms with Gasteiger partial charge in [0.25, 0.3) is 5.91 Å². The quantitative estimate of drug-likeness (QED) is 0.710. The van der Waals surface area contributed by atoms with Crippen LogP contribution < -0.4 is 9.80 Å². The van der Waals surface area contributed by atoms with E-state index in [0.717, 1.165) is 16.7 Å². The van der Waals surface area contributed by atoms with Crippen molar-refractivity contribution in [3.05, 3.63) is 58.3 Å². The first-order valence-electron chi connectivity index (χ1n) is 9.01. The fourth-order valence-corrected chi connectivity index (χ4v) is 4.21. The lowest BCUT2D eigenvalue weighted by Crippen LogP contribution is -2.52. The van der Waals surface area contributed by atoms with Crippen LogP contribution in [0.4, 0.5) is 15.8 Å². The summed E-state index contributed by atoms with van der Waals surface area (Å²) in [6.07, 6.45) is 0.111. The van der Waals surface area contributed by atoms with E-state index >= 15 is 0 Å². The monoisotopic (exact) mass is 421 g/mol. The Balaban J connectivity index is 1.46. The molecule has 2 aliphatic heterocycles. The summed E-state index contributed by atoms with van der Waals surface area (Å²) < 4.78 is 13.4. The van der Waals surface area contributed by atoms with Crippen molar-refractivity contribution < 1.29 is 14.0 Å². The van der Waals surface area contributed by atoms with Crippen molar-refractivity contribution in [3.63, 3.8) is 0 Å². The molecule has 0 aromatic heterocycles. The molecule has 0 aliphatic carbocycles. The molecule has 2 aromatic carbocycles. The second-order valence-corrected chi connectivity index (χ2v) is 7.67. The van der Waals surface area contributed by atoms with Gasteiger partial charge in [-0.25, -0.2) is 9.29 Å². The summed E-state index contributed by atoms with van der Waals surface area (Å²) in [5.41, 5.74) is 1.28. The van der Waals surface area contributed by atoms with Gasteiger partial charge < -0.3 is 4.90 Å². The largest absolute Gasteiger partial charge is 0.368 e. The van der Waals surface area contributed by atoms with Crippen LogP contribution >= 0.6 is 23.2 Å². The highest BCUT2D eigenvalue weighted by Gasteiger charge is 2.43. The van der Waals surface area contributed by atoms with Crippen LogP contribution in [-0.4, -0.2) is 48.9 Å². The van der Waals surface area contributed by atoms with Gasteiger partial charge in [0.1, 0.15) is 5.82 Å². The van der Waals surface area contributed by atoms with Gasteiger partial charge in [-0.05, 0) is 30.3 Å². The zero-order chi connectivity index (χ0) is 19.8. The summed E-state index contributed by atoms with van der Waals surface area (Å²) in [7, 11) is 0. The Morgan fingerprint density at radius 1 is 0.929 bits per heavy atom. The summed E-state index contributed by atoms with van der Waals surface area (Å²) in [4.78, 5) is 30.7. The molecule has 8 heteroatoms. The van der Waals surface area contributed by atoms with E-state index in [1.807, 2.05) is 29.2 Å². The molecule has 5 nitrogen and oxygen atoms in total. The van der Waals surface area contributed by atoms with Crippen molar-refractivity contribution in [1.82, 2.24) is 4.90 Å². The molecule has 4 rings (SSSR count). The first kappa shape index (κ1) is 19.2. The molecule has 2 saturated heterocycles. The fraction of sp³-hybridized carbons (Fsp3) is 0.300. The zero-order valence-corrected chi connectivity index (χ0v) is 16.5. The lowest BCUT2D eigenvalue weighted by Gasteiger charge is -2.38. The molecule has 0 N–H and O–H groups in total. The molecule has 2 fully saturated rings. The van der Waals surface area contributed by atoms with Gasteiger partial charge in [-0.1, -0.05) is 35.3 Å². The number of para-hydroxylation sites is 1. The van der Waals surface area contributed by atoms with Gasteiger partial charge >= 0.3 is 0 Å². The average Bonchev–Trinajstić information content (AvgIpc) is 2.99. The average molecular weight is 422 g/mol. The predicted molar refractivity (Wildman–Crippen MR) is 108 cm³/mol. The Kier molecular flexibility index (Phi) is 5.27. The Morgan fingerprint density at radius 2 is 1.64 bits per heavy atom. The number of hydrogen-bond donors (Lipinski definition) is 0. The standard InChI is InChI=1S/C20H18Cl2FN3O2/c21-14-3-1-2-4-17(14)24-7-9-25(10-8-24)18-12-19(27)26(20(18)28)13-5-6-16(23)15(22)11-13/h1-6,11,18H,7-10,12H2/t18-/m1/s1. The van der Waals surface area contributed by atoms with E-state index in [-0.39, 0.29) is 23.3 Å². The van der Waals surface area contributed by atoms with Crippen molar-refractivity contribution in [1.29, 1.82) is 0 Å². The highest BCUT2D eigenvalue weighted by molar-refractivity contribution is 6.33. The molecule has 0 saturated carbocycles. The molecule has 146 valence electrons. The first-order chi connectivity index (χ1) is 13.5. The Bertz CT molecular complexity index is 931. The number of anilines is 2. The molecule has 28 heavy (non-hydrogen) atoms. The maximum atomic E-state index is 13.4. The number of amides is 2. The smallest absolute Gasteiger partial charge is 0.251 e. The van der Waals surface area contributed by atoms with Crippen molar-refractivity contribution in [2.24, 2.45) is 0 Å². The van der Waals surface area contributed by atoms with Crippen molar-refractivity contribution >= 4 is 46.4 Å². The third kappa shape index (κ3) is 3.48. The van der Waals surface area contributed by atoms with Crippen molar-refractivity contribution in [3.8, 4) is 0 Å². The van der Waals surface area contributed by atoms with Gasteiger partial charge in [-0.2, -0.15) is 0 Å². The maximum Gasteiger partial charge on any atom is 0.251 e. The van der Waals surface area contributed by atoms with Crippen molar-refractivity contribution in [2.45, 2.75) is 12.5 Å². The summed E-state index contributed by atoms with van der Waals surface area (Å²) in [6, 6.07) is 11.0. The molecule has 0 spiro atoms. The number of carbonyl (C=O) groups is 2. The second-order valence-electron chi connectivity index (χ2n) is 6.86. The predicted octanol–water partition coefficient (Wildman–Crippen LogP) is 3.59. The Labute approximate surface area is 172 Å². The molecule has 0 radical (unpaired) electrons. The summed E-state index contributed by atoms with van der Waals surface area (Å²) in [6.45, 7) is 2.72. The van der Waals surface area contributed by atoms with Crippen LogP contribution in [0.3, 0.4) is 0 Å². The number of halogens is 3. The highest BCUT2D eigenvalue weighted by Crippen LogP contribution is 2.31. The van der Waals surface area contributed by atoms with Crippen LogP contribution in [0.5, 0.6) is 0 Å². The van der Waals surface area contributed by atoms with E-state index in [9.17, 15) is 14.0 Å². The molecule has 0 bridgehead atoms. The van der Waals surface area contributed by atoms with Gasteiger partial charge in [-0.15, -0.1) is 0 Å². The van der Waals surface area contributed by atoms with E-state index in [1.54, 1.807) is 0 Å². The third-order valence-corrected chi connectivity index (χ3v) is 5.84. The second kappa shape index (κ2) is 7.70. The zero-order valence-electron chi connectivity index (χ0n) is 14.9. The SMILES string of the molecule is O=C1C[C@@H](N2CCN(c3ccccc3Cl)CC2)C(=O)N1c1ccc(F)c(Cl)c1. The summed E-state index contributed by atoms with van der Waals surface area (Å²) >= 11 is 12.1. The molecular formula is C20H18Cl2FN3O2.